The monoisotopic (exact) mass is 543 g/mol. The molecular weight excluding hydrogens is 472 g/mol. The molecule has 1 nitrogen and oxygen atoms in total. The van der Waals surface area contributed by atoms with Crippen molar-refractivity contribution in [3.05, 3.63) is 48.6 Å². The van der Waals surface area contributed by atoms with Crippen molar-refractivity contribution in [3.8, 4) is 0 Å². The first-order chi connectivity index (χ1) is 19.1. The van der Waals surface area contributed by atoms with E-state index in [0.29, 0.717) is 0 Å². The van der Waals surface area contributed by atoms with Gasteiger partial charge in [-0.25, -0.2) is 0 Å². The van der Waals surface area contributed by atoms with Crippen molar-refractivity contribution in [2.24, 2.45) is 0 Å². The minimum atomic E-state index is -0.454. The van der Waals surface area contributed by atoms with Gasteiger partial charge in [0.25, 0.3) is 0 Å². The summed E-state index contributed by atoms with van der Waals surface area (Å²) in [4.78, 5) is 0. The van der Waals surface area contributed by atoms with Gasteiger partial charge < -0.3 is 5.11 Å². The van der Waals surface area contributed by atoms with Crippen LogP contribution in [0.1, 0.15) is 188 Å². The van der Waals surface area contributed by atoms with Gasteiger partial charge in [0.15, 0.2) is 0 Å². The zero-order valence-electron chi connectivity index (χ0n) is 27.0. The maximum atomic E-state index is 10.7. The molecule has 0 aromatic rings. The summed E-state index contributed by atoms with van der Waals surface area (Å²) in [5, 5.41) is 10.7. The fourth-order valence-electron chi connectivity index (χ4n) is 5.11. The molecule has 0 aromatic heterocycles. The lowest BCUT2D eigenvalue weighted by Gasteiger charge is -2.23. The van der Waals surface area contributed by atoms with Crippen LogP contribution in [0.2, 0.25) is 0 Å². The predicted molar refractivity (Wildman–Crippen MR) is 179 cm³/mol. The van der Waals surface area contributed by atoms with Crippen LogP contribution in [0, 0.1) is 0 Å². The normalized spacial score (nSPS) is 12.8. The SMILES string of the molecule is CCCCC/C=C\C/C=C\CCCCCCCCC(C)(O)CCCCCCCC/C=C\C/C=C\CCCCC. The molecule has 0 fully saturated rings. The number of allylic oxidation sites excluding steroid dienone is 8. The number of hydrogen-bond donors (Lipinski definition) is 1. The first-order valence-electron chi connectivity index (χ1n) is 17.4. The summed E-state index contributed by atoms with van der Waals surface area (Å²) in [6.07, 6.45) is 51.4. The largest absolute Gasteiger partial charge is 0.390 e. The second-order valence-corrected chi connectivity index (χ2v) is 12.2. The van der Waals surface area contributed by atoms with E-state index in [0.717, 1.165) is 25.7 Å². The third-order valence-electron chi connectivity index (χ3n) is 7.83. The summed E-state index contributed by atoms with van der Waals surface area (Å²) in [6.45, 7) is 6.59. The fourth-order valence-corrected chi connectivity index (χ4v) is 5.11. The molecule has 0 aliphatic heterocycles. The van der Waals surface area contributed by atoms with Crippen LogP contribution in [0.15, 0.2) is 48.6 Å². The molecule has 0 rings (SSSR count). The first kappa shape index (κ1) is 37.9. The van der Waals surface area contributed by atoms with Crippen molar-refractivity contribution in [1.82, 2.24) is 0 Å². The Morgan fingerprint density at radius 2 is 0.667 bits per heavy atom. The van der Waals surface area contributed by atoms with Gasteiger partial charge in [0.1, 0.15) is 0 Å². The molecule has 0 spiro atoms. The molecular formula is C38H70O. The maximum absolute atomic E-state index is 10.7. The van der Waals surface area contributed by atoms with E-state index >= 15 is 0 Å². The second-order valence-electron chi connectivity index (χ2n) is 12.2. The molecule has 0 heterocycles. The quantitative estimate of drug-likeness (QED) is 0.0706. The lowest BCUT2D eigenvalue weighted by Crippen LogP contribution is -2.23. The molecule has 0 unspecified atom stereocenters. The summed E-state index contributed by atoms with van der Waals surface area (Å²) >= 11 is 0. The standard InChI is InChI=1S/C38H70O/c1-4-6-8-10-12-14-16-18-20-22-24-26-28-30-32-34-36-38(3,39)37-35-33-31-29-27-25-23-21-19-17-15-13-11-9-7-5-2/h12-15,18-21,39H,4-11,16-17,22-37H2,1-3H3/b14-12-,15-13-,20-18-,21-19-. The highest BCUT2D eigenvalue weighted by atomic mass is 16.3. The maximum Gasteiger partial charge on any atom is 0.0619 e. The van der Waals surface area contributed by atoms with Crippen molar-refractivity contribution in [2.45, 2.75) is 193 Å². The Bertz CT molecular complexity index is 530. The third-order valence-corrected chi connectivity index (χ3v) is 7.83. The Balaban J connectivity index is 3.42. The highest BCUT2D eigenvalue weighted by Gasteiger charge is 2.18. The Morgan fingerprint density at radius 1 is 0.385 bits per heavy atom. The molecule has 0 saturated carbocycles. The highest BCUT2D eigenvalue weighted by molar-refractivity contribution is 4.93. The molecule has 0 bridgehead atoms. The van der Waals surface area contributed by atoms with Crippen LogP contribution in [0.4, 0.5) is 0 Å². The van der Waals surface area contributed by atoms with Crippen molar-refractivity contribution < 1.29 is 5.11 Å². The van der Waals surface area contributed by atoms with Gasteiger partial charge in [-0.1, -0.05) is 152 Å². The lowest BCUT2D eigenvalue weighted by atomic mass is 9.91. The van der Waals surface area contributed by atoms with Gasteiger partial charge in [-0.15, -0.1) is 0 Å². The molecule has 228 valence electrons. The van der Waals surface area contributed by atoms with Crippen molar-refractivity contribution in [1.29, 1.82) is 0 Å². The van der Waals surface area contributed by atoms with Gasteiger partial charge in [0, 0.05) is 0 Å². The zero-order chi connectivity index (χ0) is 28.5. The average molecular weight is 543 g/mol. The minimum Gasteiger partial charge on any atom is -0.390 e. The highest BCUT2D eigenvalue weighted by Crippen LogP contribution is 2.23. The average Bonchev–Trinajstić information content (AvgIpc) is 2.92. The van der Waals surface area contributed by atoms with Gasteiger partial charge in [0.05, 0.1) is 5.60 Å². The number of unbranched alkanes of at least 4 members (excludes halogenated alkanes) is 18. The molecule has 0 atom stereocenters. The van der Waals surface area contributed by atoms with E-state index in [-0.39, 0.29) is 0 Å². The predicted octanol–water partition coefficient (Wildman–Crippen LogP) is 13.1. The van der Waals surface area contributed by atoms with Crippen LogP contribution >= 0.6 is 0 Å². The van der Waals surface area contributed by atoms with Crippen LogP contribution in [0.5, 0.6) is 0 Å². The molecule has 1 N–H and O–H groups in total. The topological polar surface area (TPSA) is 20.2 Å². The summed E-state index contributed by atoms with van der Waals surface area (Å²) in [7, 11) is 0. The van der Waals surface area contributed by atoms with Crippen LogP contribution < -0.4 is 0 Å². The zero-order valence-corrected chi connectivity index (χ0v) is 27.0. The molecule has 0 saturated heterocycles. The molecule has 0 aromatic carbocycles. The summed E-state index contributed by atoms with van der Waals surface area (Å²) in [6, 6.07) is 0. The van der Waals surface area contributed by atoms with Gasteiger partial charge in [-0.05, 0) is 84.0 Å². The van der Waals surface area contributed by atoms with Gasteiger partial charge in [0.2, 0.25) is 0 Å². The molecule has 0 radical (unpaired) electrons. The summed E-state index contributed by atoms with van der Waals surface area (Å²) in [5.41, 5.74) is -0.454. The Kier molecular flexibility index (Phi) is 30.6. The third kappa shape index (κ3) is 33.0. The molecule has 39 heavy (non-hydrogen) atoms. The molecule has 0 amide bonds. The van der Waals surface area contributed by atoms with E-state index in [1.165, 1.54) is 141 Å². The van der Waals surface area contributed by atoms with Crippen molar-refractivity contribution in [2.75, 3.05) is 0 Å². The van der Waals surface area contributed by atoms with Crippen LogP contribution in [-0.2, 0) is 0 Å². The number of hydrogen-bond acceptors (Lipinski definition) is 1. The van der Waals surface area contributed by atoms with E-state index < -0.39 is 5.60 Å². The second kappa shape index (κ2) is 31.4. The van der Waals surface area contributed by atoms with Gasteiger partial charge in [-0.3, -0.25) is 0 Å². The van der Waals surface area contributed by atoms with E-state index in [1.807, 2.05) is 0 Å². The van der Waals surface area contributed by atoms with Crippen LogP contribution in [0.3, 0.4) is 0 Å². The van der Waals surface area contributed by atoms with E-state index in [9.17, 15) is 5.11 Å². The Hall–Kier alpha value is -1.08. The Morgan fingerprint density at radius 3 is 1.00 bits per heavy atom. The molecule has 1 heteroatoms. The summed E-state index contributed by atoms with van der Waals surface area (Å²) < 4.78 is 0. The fraction of sp³-hybridized carbons (Fsp3) is 0.789. The number of rotatable bonds is 30. The lowest BCUT2D eigenvalue weighted by molar-refractivity contribution is 0.0366. The minimum absolute atomic E-state index is 0.454. The smallest absolute Gasteiger partial charge is 0.0619 e. The molecule has 0 aliphatic rings. The van der Waals surface area contributed by atoms with Crippen molar-refractivity contribution >= 4 is 0 Å². The van der Waals surface area contributed by atoms with E-state index in [4.69, 9.17) is 0 Å². The van der Waals surface area contributed by atoms with Crippen LogP contribution in [-0.4, -0.2) is 10.7 Å². The summed E-state index contributed by atoms with van der Waals surface area (Å²) in [5.74, 6) is 0. The van der Waals surface area contributed by atoms with Gasteiger partial charge >= 0.3 is 0 Å². The number of aliphatic hydroxyl groups is 1. The first-order valence-corrected chi connectivity index (χ1v) is 17.4. The van der Waals surface area contributed by atoms with Gasteiger partial charge in [-0.2, -0.15) is 0 Å². The van der Waals surface area contributed by atoms with Crippen molar-refractivity contribution in [3.63, 3.8) is 0 Å². The van der Waals surface area contributed by atoms with E-state index in [2.05, 4.69) is 69.4 Å². The van der Waals surface area contributed by atoms with E-state index in [1.54, 1.807) is 0 Å². The Labute approximate surface area is 246 Å². The van der Waals surface area contributed by atoms with Crippen LogP contribution in [0.25, 0.3) is 0 Å². The molecule has 0 aliphatic carbocycles.